The number of hydrogen-bond acceptors (Lipinski definition) is 6. The first kappa shape index (κ1) is 17.1. The van der Waals surface area contributed by atoms with Crippen LogP contribution in [0.1, 0.15) is 12.5 Å². The van der Waals surface area contributed by atoms with Crippen molar-refractivity contribution < 1.29 is 28.5 Å². The van der Waals surface area contributed by atoms with Crippen molar-refractivity contribution in [3.8, 4) is 11.5 Å². The number of ether oxygens (including phenoxy) is 4. The zero-order valence-corrected chi connectivity index (χ0v) is 13.3. The van der Waals surface area contributed by atoms with Crippen molar-refractivity contribution in [2.45, 2.75) is 19.4 Å². The van der Waals surface area contributed by atoms with E-state index in [0.717, 1.165) is 5.56 Å². The summed E-state index contributed by atoms with van der Waals surface area (Å²) in [5.41, 5.74) is 0.742. The Hall–Kier alpha value is -2.28. The number of nitrogens with one attached hydrogen (secondary N) is 1. The van der Waals surface area contributed by atoms with Gasteiger partial charge in [-0.05, 0) is 24.6 Å². The van der Waals surface area contributed by atoms with Gasteiger partial charge in [0.2, 0.25) is 0 Å². The molecular weight excluding hydrogens is 302 g/mol. The zero-order chi connectivity index (χ0) is 16.7. The lowest BCUT2D eigenvalue weighted by Gasteiger charge is -2.19. The minimum absolute atomic E-state index is 0.0618. The van der Waals surface area contributed by atoms with E-state index in [1.165, 1.54) is 6.92 Å². The lowest BCUT2D eigenvalue weighted by molar-refractivity contribution is -0.154. The normalized spacial score (nSPS) is 14.0. The number of carbonyl (C=O) groups is 2. The number of esters is 1. The molecule has 0 aromatic heterocycles. The Kier molecular flexibility index (Phi) is 6.22. The van der Waals surface area contributed by atoms with Crippen LogP contribution in [0.4, 0.5) is 0 Å². The summed E-state index contributed by atoms with van der Waals surface area (Å²) < 4.78 is 20.8. The van der Waals surface area contributed by atoms with Crippen LogP contribution in [0.2, 0.25) is 0 Å². The van der Waals surface area contributed by atoms with Gasteiger partial charge in [-0.3, -0.25) is 9.59 Å². The molecule has 2 rings (SSSR count). The summed E-state index contributed by atoms with van der Waals surface area (Å²) >= 11 is 0. The Morgan fingerprint density at radius 3 is 2.74 bits per heavy atom. The number of methoxy groups -OCH3 is 1. The number of carbonyl (C=O) groups excluding carboxylic acids is 2. The van der Waals surface area contributed by atoms with Crippen molar-refractivity contribution in [1.29, 1.82) is 0 Å². The van der Waals surface area contributed by atoms with Crippen LogP contribution in [0.15, 0.2) is 18.2 Å². The zero-order valence-electron chi connectivity index (χ0n) is 13.3. The molecule has 7 nitrogen and oxygen atoms in total. The number of amides is 1. The fourth-order valence-electron chi connectivity index (χ4n) is 2.08. The predicted octanol–water partition coefficient (Wildman–Crippen LogP) is 0.695. The molecule has 0 bridgehead atoms. The van der Waals surface area contributed by atoms with Gasteiger partial charge in [-0.25, -0.2) is 0 Å². The van der Waals surface area contributed by atoms with Gasteiger partial charge in [0.1, 0.15) is 13.2 Å². The first-order valence-corrected chi connectivity index (χ1v) is 7.45. The van der Waals surface area contributed by atoms with Crippen LogP contribution < -0.4 is 14.8 Å². The smallest absolute Gasteiger partial charge is 0.311 e. The molecule has 1 aliphatic heterocycles. The van der Waals surface area contributed by atoms with E-state index in [9.17, 15) is 9.59 Å². The van der Waals surface area contributed by atoms with Crippen molar-refractivity contribution in [2.75, 3.05) is 33.5 Å². The Bertz CT molecular complexity index is 560. The van der Waals surface area contributed by atoms with Gasteiger partial charge in [0.15, 0.2) is 17.6 Å². The maximum Gasteiger partial charge on any atom is 0.311 e. The van der Waals surface area contributed by atoms with E-state index in [4.69, 9.17) is 18.9 Å². The molecule has 23 heavy (non-hydrogen) atoms. The second kappa shape index (κ2) is 8.38. The molecule has 1 aliphatic rings. The van der Waals surface area contributed by atoms with Gasteiger partial charge in [-0.1, -0.05) is 6.07 Å². The average molecular weight is 323 g/mol. The molecule has 0 saturated carbocycles. The summed E-state index contributed by atoms with van der Waals surface area (Å²) in [6, 6.07) is 5.29. The van der Waals surface area contributed by atoms with Gasteiger partial charge >= 0.3 is 5.97 Å². The fraction of sp³-hybridized carbons (Fsp3) is 0.500. The molecule has 7 heteroatoms. The van der Waals surface area contributed by atoms with Crippen LogP contribution in [0.3, 0.4) is 0 Å². The second-order valence-electron chi connectivity index (χ2n) is 5.07. The van der Waals surface area contributed by atoms with E-state index >= 15 is 0 Å². The van der Waals surface area contributed by atoms with Crippen molar-refractivity contribution in [1.82, 2.24) is 5.32 Å². The first-order chi connectivity index (χ1) is 11.1. The molecule has 1 amide bonds. The van der Waals surface area contributed by atoms with Gasteiger partial charge in [0.25, 0.3) is 5.91 Å². The minimum Gasteiger partial charge on any atom is -0.486 e. The molecule has 0 spiro atoms. The lowest BCUT2D eigenvalue weighted by Crippen LogP contribution is -2.37. The van der Waals surface area contributed by atoms with Crippen LogP contribution >= 0.6 is 0 Å². The van der Waals surface area contributed by atoms with E-state index in [2.05, 4.69) is 5.32 Å². The van der Waals surface area contributed by atoms with Gasteiger partial charge < -0.3 is 24.3 Å². The van der Waals surface area contributed by atoms with Crippen LogP contribution in [0.25, 0.3) is 0 Å². The highest BCUT2D eigenvalue weighted by Gasteiger charge is 2.18. The fourth-order valence-corrected chi connectivity index (χ4v) is 2.08. The molecule has 1 heterocycles. The van der Waals surface area contributed by atoms with E-state index < -0.39 is 12.1 Å². The molecular formula is C16H21NO6. The topological polar surface area (TPSA) is 83.1 Å². The quantitative estimate of drug-likeness (QED) is 0.587. The minimum atomic E-state index is -0.850. The second-order valence-corrected chi connectivity index (χ2v) is 5.07. The summed E-state index contributed by atoms with van der Waals surface area (Å²) in [5, 5.41) is 2.62. The van der Waals surface area contributed by atoms with Crippen molar-refractivity contribution in [3.63, 3.8) is 0 Å². The van der Waals surface area contributed by atoms with Crippen LogP contribution in [-0.2, 0) is 25.5 Å². The van der Waals surface area contributed by atoms with Crippen molar-refractivity contribution in [2.24, 2.45) is 0 Å². The van der Waals surface area contributed by atoms with Crippen LogP contribution in [0, 0.1) is 0 Å². The van der Waals surface area contributed by atoms with E-state index in [1.54, 1.807) is 25.3 Å². The molecule has 1 aromatic rings. The third-order valence-electron chi connectivity index (χ3n) is 3.24. The third kappa shape index (κ3) is 5.14. The molecule has 0 saturated heterocycles. The Morgan fingerprint density at radius 1 is 1.26 bits per heavy atom. The largest absolute Gasteiger partial charge is 0.486 e. The summed E-state index contributed by atoms with van der Waals surface area (Å²) in [6.45, 7) is 3.32. The van der Waals surface area contributed by atoms with Crippen molar-refractivity contribution in [3.05, 3.63) is 23.8 Å². The van der Waals surface area contributed by atoms with Crippen LogP contribution in [0.5, 0.6) is 11.5 Å². The van der Waals surface area contributed by atoms with Gasteiger partial charge in [0.05, 0.1) is 13.0 Å². The molecule has 0 fully saturated rings. The Morgan fingerprint density at radius 2 is 2.00 bits per heavy atom. The van der Waals surface area contributed by atoms with Gasteiger partial charge in [-0.15, -0.1) is 0 Å². The monoisotopic (exact) mass is 323 g/mol. The summed E-state index contributed by atoms with van der Waals surface area (Å²) in [6.07, 6.45) is -0.789. The number of benzene rings is 1. The maximum atomic E-state index is 11.9. The standard InChI is InChI=1S/C16H21NO6/c1-11(16(19)17-5-6-20-2)23-15(18)10-12-3-4-13-14(9-12)22-8-7-21-13/h3-4,9,11H,5-8,10H2,1-2H3,(H,17,19)/t11-/m0/s1. The number of rotatable bonds is 7. The Labute approximate surface area is 134 Å². The molecule has 126 valence electrons. The van der Waals surface area contributed by atoms with Crippen molar-refractivity contribution >= 4 is 11.9 Å². The number of fused-ring (bicyclic) bond motifs is 1. The SMILES string of the molecule is COCCNC(=O)[C@H](C)OC(=O)Cc1ccc2c(c1)OCCO2. The third-order valence-corrected chi connectivity index (χ3v) is 3.24. The number of hydrogen-bond donors (Lipinski definition) is 1. The highest BCUT2D eigenvalue weighted by Crippen LogP contribution is 2.30. The molecule has 0 radical (unpaired) electrons. The summed E-state index contributed by atoms with van der Waals surface area (Å²) in [7, 11) is 1.54. The molecule has 0 aliphatic carbocycles. The maximum absolute atomic E-state index is 11.9. The Balaban J connectivity index is 1.83. The molecule has 1 aromatic carbocycles. The summed E-state index contributed by atoms with van der Waals surface area (Å²) in [5.74, 6) is 0.458. The van der Waals surface area contributed by atoms with Gasteiger partial charge in [-0.2, -0.15) is 0 Å². The highest BCUT2D eigenvalue weighted by atomic mass is 16.6. The predicted molar refractivity (Wildman–Crippen MR) is 81.6 cm³/mol. The van der Waals surface area contributed by atoms with E-state index in [-0.39, 0.29) is 12.3 Å². The molecule has 1 atom stereocenters. The molecule has 1 N–H and O–H groups in total. The van der Waals surface area contributed by atoms with Crippen LogP contribution in [-0.4, -0.2) is 51.5 Å². The van der Waals surface area contributed by atoms with E-state index in [1.807, 2.05) is 0 Å². The highest BCUT2D eigenvalue weighted by molar-refractivity contribution is 5.83. The van der Waals surface area contributed by atoms with E-state index in [0.29, 0.717) is 37.9 Å². The lowest BCUT2D eigenvalue weighted by atomic mass is 10.1. The van der Waals surface area contributed by atoms with Gasteiger partial charge in [0, 0.05) is 13.7 Å². The average Bonchev–Trinajstić information content (AvgIpc) is 2.54. The summed E-state index contributed by atoms with van der Waals surface area (Å²) in [4.78, 5) is 23.6. The first-order valence-electron chi connectivity index (χ1n) is 7.45. The molecule has 0 unspecified atom stereocenters.